The third-order valence-electron chi connectivity index (χ3n) is 3.06. The van der Waals surface area contributed by atoms with E-state index in [1.54, 1.807) is 0 Å². The highest BCUT2D eigenvalue weighted by molar-refractivity contribution is 8.00. The Labute approximate surface area is 105 Å². The number of nitrogens with zero attached hydrogens (tertiary/aromatic N) is 1. The minimum atomic E-state index is -0.942. The molecule has 17 heavy (non-hydrogen) atoms. The summed E-state index contributed by atoms with van der Waals surface area (Å²) in [6, 6.07) is -0.0790. The Morgan fingerprint density at radius 3 is 2.65 bits per heavy atom. The van der Waals surface area contributed by atoms with Crippen molar-refractivity contribution in [3.63, 3.8) is 0 Å². The third kappa shape index (κ3) is 3.80. The molecule has 1 heterocycles. The fourth-order valence-electron chi connectivity index (χ4n) is 2.01. The number of carbonyl (C=O) groups excluding carboxylic acids is 1. The average Bonchev–Trinajstić information content (AvgIpc) is 2.99. The Balaban J connectivity index is 1.77. The molecule has 5 nitrogen and oxygen atoms in total. The van der Waals surface area contributed by atoms with Crippen LogP contribution in [0, 0.1) is 0 Å². The molecule has 0 aromatic rings. The quantitative estimate of drug-likeness (QED) is 0.776. The fourth-order valence-corrected chi connectivity index (χ4v) is 3.21. The van der Waals surface area contributed by atoms with Gasteiger partial charge in [-0.2, -0.15) is 11.8 Å². The smallest absolute Gasteiger partial charge is 0.323 e. The van der Waals surface area contributed by atoms with Gasteiger partial charge in [0.25, 0.3) is 0 Å². The standard InChI is InChI=1S/C11H18N2O3S/c14-10(15)7-13(8-3-4-8)11(16)12-6-9-2-1-5-17-9/h8-9H,1-7H2,(H,12,16)(H,14,15). The summed E-state index contributed by atoms with van der Waals surface area (Å²) >= 11 is 1.88. The van der Waals surface area contributed by atoms with Crippen LogP contribution < -0.4 is 5.32 Å². The normalized spacial score (nSPS) is 23.4. The van der Waals surface area contributed by atoms with Crippen LogP contribution in [-0.2, 0) is 4.79 Å². The summed E-state index contributed by atoms with van der Waals surface area (Å²) in [4.78, 5) is 24.0. The SMILES string of the molecule is O=C(O)CN(C(=O)NCC1CCCS1)C1CC1. The van der Waals surface area contributed by atoms with E-state index in [0.717, 1.165) is 19.3 Å². The summed E-state index contributed by atoms with van der Waals surface area (Å²) < 4.78 is 0. The lowest BCUT2D eigenvalue weighted by Crippen LogP contribution is -2.45. The number of carboxylic acids is 1. The van der Waals surface area contributed by atoms with Gasteiger partial charge in [-0.25, -0.2) is 4.79 Å². The summed E-state index contributed by atoms with van der Waals surface area (Å²) in [5.41, 5.74) is 0. The van der Waals surface area contributed by atoms with Gasteiger partial charge in [-0.1, -0.05) is 0 Å². The molecule has 0 aromatic carbocycles. The summed E-state index contributed by atoms with van der Waals surface area (Å²) in [7, 11) is 0. The molecule has 1 saturated heterocycles. The number of nitrogens with one attached hydrogen (secondary N) is 1. The van der Waals surface area contributed by atoms with Gasteiger partial charge in [0.2, 0.25) is 0 Å². The Kier molecular flexibility index (Phi) is 4.15. The van der Waals surface area contributed by atoms with Crippen LogP contribution in [0.2, 0.25) is 0 Å². The van der Waals surface area contributed by atoms with Gasteiger partial charge >= 0.3 is 12.0 Å². The lowest BCUT2D eigenvalue weighted by Gasteiger charge is -2.21. The molecule has 0 radical (unpaired) electrons. The van der Waals surface area contributed by atoms with Crippen molar-refractivity contribution < 1.29 is 14.7 Å². The Morgan fingerprint density at radius 1 is 1.35 bits per heavy atom. The number of hydrogen-bond donors (Lipinski definition) is 2. The number of carbonyl (C=O) groups is 2. The van der Waals surface area contributed by atoms with Gasteiger partial charge in [0.1, 0.15) is 6.54 Å². The summed E-state index contributed by atoms with van der Waals surface area (Å²) in [5.74, 6) is 0.226. The minimum absolute atomic E-state index is 0.141. The molecule has 1 aliphatic heterocycles. The maximum atomic E-state index is 11.9. The maximum Gasteiger partial charge on any atom is 0.323 e. The first kappa shape index (κ1) is 12.5. The van der Waals surface area contributed by atoms with Crippen molar-refractivity contribution in [1.29, 1.82) is 0 Å². The molecule has 96 valence electrons. The number of hydrogen-bond acceptors (Lipinski definition) is 3. The van der Waals surface area contributed by atoms with Crippen LogP contribution in [0.3, 0.4) is 0 Å². The highest BCUT2D eigenvalue weighted by Gasteiger charge is 2.34. The highest BCUT2D eigenvalue weighted by Crippen LogP contribution is 2.27. The van der Waals surface area contributed by atoms with E-state index in [2.05, 4.69) is 5.32 Å². The van der Waals surface area contributed by atoms with Gasteiger partial charge in [-0.15, -0.1) is 0 Å². The van der Waals surface area contributed by atoms with E-state index in [9.17, 15) is 9.59 Å². The van der Waals surface area contributed by atoms with Crippen molar-refractivity contribution in [2.45, 2.75) is 37.0 Å². The van der Waals surface area contributed by atoms with Crippen molar-refractivity contribution in [3.8, 4) is 0 Å². The highest BCUT2D eigenvalue weighted by atomic mass is 32.2. The molecule has 2 amide bonds. The van der Waals surface area contributed by atoms with Crippen LogP contribution in [0.4, 0.5) is 4.79 Å². The first-order chi connectivity index (χ1) is 8.16. The molecule has 2 aliphatic rings. The predicted molar refractivity (Wildman–Crippen MR) is 66.2 cm³/mol. The lowest BCUT2D eigenvalue weighted by molar-refractivity contribution is -0.137. The van der Waals surface area contributed by atoms with Crippen LogP contribution in [0.5, 0.6) is 0 Å². The van der Waals surface area contributed by atoms with Gasteiger partial charge in [0, 0.05) is 17.8 Å². The molecule has 0 aromatic heterocycles. The maximum absolute atomic E-state index is 11.9. The van der Waals surface area contributed by atoms with Crippen molar-refractivity contribution in [1.82, 2.24) is 10.2 Å². The average molecular weight is 258 g/mol. The Bertz CT molecular complexity index is 301. The lowest BCUT2D eigenvalue weighted by atomic mass is 10.2. The van der Waals surface area contributed by atoms with E-state index in [1.807, 2.05) is 11.8 Å². The van der Waals surface area contributed by atoms with Gasteiger partial charge in [0.05, 0.1) is 0 Å². The Hall–Kier alpha value is -0.910. The minimum Gasteiger partial charge on any atom is -0.480 e. The molecule has 2 fully saturated rings. The second kappa shape index (κ2) is 5.62. The predicted octanol–water partition coefficient (Wildman–Crippen LogP) is 1.14. The fraction of sp³-hybridized carbons (Fsp3) is 0.818. The van der Waals surface area contributed by atoms with Crippen LogP contribution in [-0.4, -0.2) is 52.1 Å². The van der Waals surface area contributed by atoms with Gasteiger partial charge < -0.3 is 15.3 Å². The summed E-state index contributed by atoms with van der Waals surface area (Å²) in [6.45, 7) is 0.473. The molecular weight excluding hydrogens is 240 g/mol. The first-order valence-corrected chi connectivity index (χ1v) is 7.09. The molecule has 1 aliphatic carbocycles. The zero-order valence-corrected chi connectivity index (χ0v) is 10.5. The number of aliphatic carboxylic acids is 1. The van der Waals surface area contributed by atoms with E-state index >= 15 is 0 Å². The molecule has 1 unspecified atom stereocenters. The van der Waals surface area contributed by atoms with Gasteiger partial charge in [-0.3, -0.25) is 4.79 Å². The van der Waals surface area contributed by atoms with Crippen LogP contribution in [0.25, 0.3) is 0 Å². The van der Waals surface area contributed by atoms with Crippen molar-refractivity contribution in [2.75, 3.05) is 18.8 Å². The molecule has 0 bridgehead atoms. The molecule has 1 atom stereocenters. The van der Waals surface area contributed by atoms with E-state index < -0.39 is 5.97 Å². The molecule has 0 spiro atoms. The van der Waals surface area contributed by atoms with Crippen molar-refractivity contribution >= 4 is 23.8 Å². The summed E-state index contributed by atoms with van der Waals surface area (Å²) in [5, 5.41) is 12.1. The Morgan fingerprint density at radius 2 is 2.12 bits per heavy atom. The molecular formula is C11H18N2O3S. The van der Waals surface area contributed by atoms with Crippen LogP contribution in [0.1, 0.15) is 25.7 Å². The zero-order chi connectivity index (χ0) is 12.3. The van der Waals surface area contributed by atoms with E-state index in [4.69, 9.17) is 5.11 Å². The number of carboxylic acid groups (broad SMARTS) is 1. The van der Waals surface area contributed by atoms with Crippen molar-refractivity contribution in [3.05, 3.63) is 0 Å². The number of rotatable bonds is 5. The molecule has 2 N–H and O–H groups in total. The van der Waals surface area contributed by atoms with Gasteiger partial charge in [0.15, 0.2) is 0 Å². The van der Waals surface area contributed by atoms with Crippen molar-refractivity contribution in [2.24, 2.45) is 0 Å². The molecule has 2 rings (SSSR count). The summed E-state index contributed by atoms with van der Waals surface area (Å²) in [6.07, 6.45) is 4.22. The zero-order valence-electron chi connectivity index (χ0n) is 9.72. The van der Waals surface area contributed by atoms with Gasteiger partial charge in [-0.05, 0) is 31.4 Å². The monoisotopic (exact) mass is 258 g/mol. The third-order valence-corrected chi connectivity index (χ3v) is 4.46. The van der Waals surface area contributed by atoms with E-state index in [-0.39, 0.29) is 18.6 Å². The number of urea groups is 1. The second-order valence-electron chi connectivity index (χ2n) is 4.57. The van der Waals surface area contributed by atoms with Crippen LogP contribution in [0.15, 0.2) is 0 Å². The first-order valence-electron chi connectivity index (χ1n) is 6.04. The number of amides is 2. The molecule has 1 saturated carbocycles. The van der Waals surface area contributed by atoms with E-state index in [1.165, 1.54) is 17.1 Å². The largest absolute Gasteiger partial charge is 0.480 e. The van der Waals surface area contributed by atoms with Crippen LogP contribution >= 0.6 is 11.8 Å². The second-order valence-corrected chi connectivity index (χ2v) is 5.98. The number of thioether (sulfide) groups is 1. The molecule has 6 heteroatoms. The topological polar surface area (TPSA) is 69.6 Å². The van der Waals surface area contributed by atoms with E-state index in [0.29, 0.717) is 11.8 Å².